The summed E-state index contributed by atoms with van der Waals surface area (Å²) in [5.41, 5.74) is -0.325. The highest BCUT2D eigenvalue weighted by molar-refractivity contribution is 4.96. The van der Waals surface area contributed by atoms with Crippen LogP contribution in [0.1, 0.15) is 13.3 Å². The fourth-order valence-corrected chi connectivity index (χ4v) is 1.72. The molecule has 1 aliphatic rings. The number of nitrogens with zero attached hydrogens (tertiary/aromatic N) is 1. The van der Waals surface area contributed by atoms with Crippen molar-refractivity contribution in [2.24, 2.45) is 5.92 Å². The molecular weight excluding hydrogens is 145 g/mol. The van der Waals surface area contributed by atoms with E-state index in [9.17, 15) is 4.39 Å². The second-order valence-electron chi connectivity index (χ2n) is 3.58. The molecule has 1 fully saturated rings. The van der Waals surface area contributed by atoms with Crippen molar-refractivity contribution in [3.63, 3.8) is 0 Å². The van der Waals surface area contributed by atoms with Gasteiger partial charge in [-0.05, 0) is 26.9 Å². The molecule has 0 aliphatic carbocycles. The summed E-state index contributed by atoms with van der Waals surface area (Å²) in [6.45, 7) is 2.55. The first-order chi connectivity index (χ1) is 5.15. The molecule has 0 aromatic rings. The lowest BCUT2D eigenvalue weighted by molar-refractivity contribution is 0.0586. The fourth-order valence-electron chi connectivity index (χ4n) is 1.72. The summed E-state index contributed by atoms with van der Waals surface area (Å²) in [6.07, 6.45) is 0.865. The molecule has 1 aliphatic heterocycles. The molecule has 1 saturated heterocycles. The number of hydrogen-bond acceptors (Lipinski definition) is 2. The molecule has 1 heterocycles. The highest BCUT2D eigenvalue weighted by atomic mass is 19.1. The molecule has 0 bridgehead atoms. The maximum Gasteiger partial charge on any atom is 0.0941 e. The minimum atomic E-state index is -0.325. The molecule has 0 amide bonds. The summed E-state index contributed by atoms with van der Waals surface area (Å²) in [5, 5.41) is 9.09. The molecule has 2 nitrogen and oxygen atoms in total. The van der Waals surface area contributed by atoms with E-state index in [0.29, 0.717) is 0 Å². The number of halogens is 1. The van der Waals surface area contributed by atoms with Crippen molar-refractivity contribution in [1.82, 2.24) is 4.90 Å². The maximum atomic E-state index is 12.4. The summed E-state index contributed by atoms with van der Waals surface area (Å²) in [4.78, 5) is 2.04. The molecule has 0 aromatic heterocycles. The molecule has 3 heteroatoms. The van der Waals surface area contributed by atoms with Crippen LogP contribution in [0.4, 0.5) is 4.39 Å². The highest BCUT2D eigenvalue weighted by Gasteiger charge is 2.42. The van der Waals surface area contributed by atoms with E-state index in [1.54, 1.807) is 0 Å². The minimum absolute atomic E-state index is 0.0116. The van der Waals surface area contributed by atoms with Gasteiger partial charge in [-0.15, -0.1) is 0 Å². The van der Waals surface area contributed by atoms with Gasteiger partial charge in [-0.2, -0.15) is 0 Å². The topological polar surface area (TPSA) is 23.5 Å². The number of likely N-dealkylation sites (N-methyl/N-ethyl adjacent to an activating group) is 1. The molecule has 0 spiro atoms. The molecule has 1 rings (SSSR count). The van der Waals surface area contributed by atoms with Crippen molar-refractivity contribution in [3.8, 4) is 0 Å². The third-order valence-electron chi connectivity index (χ3n) is 3.07. The van der Waals surface area contributed by atoms with Crippen LogP contribution in [0, 0.1) is 5.92 Å². The van der Waals surface area contributed by atoms with Gasteiger partial charge in [-0.25, -0.2) is 0 Å². The fraction of sp³-hybridized carbons (Fsp3) is 1.00. The molecule has 0 radical (unpaired) electrons. The van der Waals surface area contributed by atoms with E-state index in [1.165, 1.54) is 0 Å². The van der Waals surface area contributed by atoms with Crippen LogP contribution in [0.15, 0.2) is 0 Å². The van der Waals surface area contributed by atoms with Crippen LogP contribution in [-0.4, -0.2) is 42.4 Å². The lowest BCUT2D eigenvalue weighted by Crippen LogP contribution is -2.47. The summed E-state index contributed by atoms with van der Waals surface area (Å²) in [7, 11) is 1.94. The molecule has 2 atom stereocenters. The van der Waals surface area contributed by atoms with E-state index >= 15 is 0 Å². The summed E-state index contributed by atoms with van der Waals surface area (Å²) >= 11 is 0. The van der Waals surface area contributed by atoms with Gasteiger partial charge < -0.3 is 5.11 Å². The standard InChI is InChI=1S/C8H16FNO/c1-8(6-11)7(5-9)3-4-10(8)2/h7,11H,3-6H2,1-2H3/t7-,8-/m0/s1. The normalized spacial score (nSPS) is 39.8. The van der Waals surface area contributed by atoms with Crippen LogP contribution in [0.3, 0.4) is 0 Å². The predicted molar refractivity (Wildman–Crippen MR) is 42.2 cm³/mol. The highest BCUT2D eigenvalue weighted by Crippen LogP contribution is 2.33. The first kappa shape index (κ1) is 8.94. The monoisotopic (exact) mass is 161 g/mol. The summed E-state index contributed by atoms with van der Waals surface area (Å²) < 4.78 is 12.4. The Balaban J connectivity index is 2.70. The van der Waals surface area contributed by atoms with Gasteiger partial charge in [0, 0.05) is 11.5 Å². The maximum absolute atomic E-state index is 12.4. The van der Waals surface area contributed by atoms with Gasteiger partial charge >= 0.3 is 0 Å². The lowest BCUT2D eigenvalue weighted by atomic mass is 9.88. The Morgan fingerprint density at radius 2 is 2.36 bits per heavy atom. The molecular formula is C8H16FNO. The van der Waals surface area contributed by atoms with Crippen LogP contribution >= 0.6 is 0 Å². The van der Waals surface area contributed by atoms with E-state index in [2.05, 4.69) is 0 Å². The number of likely N-dealkylation sites (tertiary alicyclic amines) is 1. The Labute approximate surface area is 67.0 Å². The van der Waals surface area contributed by atoms with Gasteiger partial charge in [0.2, 0.25) is 0 Å². The number of alkyl halides is 1. The van der Waals surface area contributed by atoms with Crippen molar-refractivity contribution in [2.75, 3.05) is 26.9 Å². The number of aliphatic hydroxyl groups is 1. The lowest BCUT2D eigenvalue weighted by Gasteiger charge is -2.34. The van der Waals surface area contributed by atoms with E-state index in [1.807, 2.05) is 18.9 Å². The molecule has 66 valence electrons. The molecule has 11 heavy (non-hydrogen) atoms. The number of rotatable bonds is 2. The van der Waals surface area contributed by atoms with Crippen LogP contribution in [0.25, 0.3) is 0 Å². The van der Waals surface area contributed by atoms with Gasteiger partial charge in [0.25, 0.3) is 0 Å². The summed E-state index contributed by atoms with van der Waals surface area (Å²) in [6, 6.07) is 0. The number of hydrogen-bond donors (Lipinski definition) is 1. The molecule has 0 aromatic carbocycles. The van der Waals surface area contributed by atoms with Crippen LogP contribution in [-0.2, 0) is 0 Å². The van der Waals surface area contributed by atoms with Gasteiger partial charge in [-0.3, -0.25) is 9.29 Å². The quantitative estimate of drug-likeness (QED) is 0.643. The largest absolute Gasteiger partial charge is 0.394 e. The second kappa shape index (κ2) is 3.07. The van der Waals surface area contributed by atoms with E-state index < -0.39 is 0 Å². The van der Waals surface area contributed by atoms with Crippen molar-refractivity contribution >= 4 is 0 Å². The molecule has 1 N–H and O–H groups in total. The van der Waals surface area contributed by atoms with Crippen molar-refractivity contribution in [2.45, 2.75) is 18.9 Å². The Morgan fingerprint density at radius 1 is 1.73 bits per heavy atom. The van der Waals surface area contributed by atoms with Gasteiger partial charge in [0.1, 0.15) is 0 Å². The average Bonchev–Trinajstić information content (AvgIpc) is 2.30. The van der Waals surface area contributed by atoms with E-state index in [0.717, 1.165) is 13.0 Å². The van der Waals surface area contributed by atoms with Crippen molar-refractivity contribution in [1.29, 1.82) is 0 Å². The number of aliphatic hydroxyl groups excluding tert-OH is 1. The third kappa shape index (κ3) is 1.27. The van der Waals surface area contributed by atoms with E-state index in [4.69, 9.17) is 5.11 Å². The van der Waals surface area contributed by atoms with Crippen molar-refractivity contribution in [3.05, 3.63) is 0 Å². The van der Waals surface area contributed by atoms with Crippen molar-refractivity contribution < 1.29 is 9.50 Å². The zero-order valence-corrected chi connectivity index (χ0v) is 7.18. The average molecular weight is 161 g/mol. The third-order valence-corrected chi connectivity index (χ3v) is 3.07. The van der Waals surface area contributed by atoms with Crippen LogP contribution in [0.5, 0.6) is 0 Å². The predicted octanol–water partition coefficient (Wildman–Crippen LogP) is 0.659. The Hall–Kier alpha value is -0.150. The smallest absolute Gasteiger partial charge is 0.0941 e. The SMILES string of the molecule is CN1CC[C@@H](CF)[C@]1(C)CO. The van der Waals surface area contributed by atoms with Gasteiger partial charge in [-0.1, -0.05) is 0 Å². The first-order valence-corrected chi connectivity index (χ1v) is 4.03. The summed E-state index contributed by atoms with van der Waals surface area (Å²) in [5.74, 6) is 0.0116. The Bertz CT molecular complexity index is 142. The molecule has 0 saturated carbocycles. The van der Waals surface area contributed by atoms with Gasteiger partial charge in [0.15, 0.2) is 0 Å². The Kier molecular flexibility index (Phi) is 2.50. The Morgan fingerprint density at radius 3 is 2.73 bits per heavy atom. The first-order valence-electron chi connectivity index (χ1n) is 4.03. The second-order valence-corrected chi connectivity index (χ2v) is 3.58. The molecule has 0 unspecified atom stereocenters. The van der Waals surface area contributed by atoms with Gasteiger partial charge in [0.05, 0.1) is 13.3 Å². The van der Waals surface area contributed by atoms with Crippen LogP contribution in [0.2, 0.25) is 0 Å². The zero-order chi connectivity index (χ0) is 8.48. The minimum Gasteiger partial charge on any atom is -0.394 e. The van der Waals surface area contributed by atoms with E-state index in [-0.39, 0.29) is 24.7 Å². The zero-order valence-electron chi connectivity index (χ0n) is 7.18. The van der Waals surface area contributed by atoms with Crippen LogP contribution < -0.4 is 0 Å².